The molecule has 1 aliphatic rings. The van der Waals surface area contributed by atoms with Crippen molar-refractivity contribution in [2.24, 2.45) is 0 Å². The molecule has 5 rings (SSSR count). The maximum atomic E-state index is 14.3. The molecular formula is C22H22F5N7O. The second-order valence-electron chi connectivity index (χ2n) is 8.69. The van der Waals surface area contributed by atoms with Crippen LogP contribution in [0.5, 0.6) is 5.88 Å². The number of fused-ring (bicyclic) bond motifs is 2. The van der Waals surface area contributed by atoms with Crippen LogP contribution in [0.15, 0.2) is 30.5 Å². The van der Waals surface area contributed by atoms with Gasteiger partial charge in [0.2, 0.25) is 11.8 Å². The molecule has 8 nitrogen and oxygen atoms in total. The maximum absolute atomic E-state index is 14.3. The number of aryl methyl sites for hydroxylation is 1. The van der Waals surface area contributed by atoms with E-state index in [4.69, 9.17) is 4.74 Å². The minimum absolute atomic E-state index is 0.0224. The molecule has 13 heteroatoms. The molecule has 0 radical (unpaired) electrons. The molecule has 0 bridgehead atoms. The lowest BCUT2D eigenvalue weighted by molar-refractivity contribution is -0.140. The molecule has 4 aromatic rings. The van der Waals surface area contributed by atoms with Gasteiger partial charge in [0, 0.05) is 18.3 Å². The van der Waals surface area contributed by atoms with E-state index >= 15 is 0 Å². The number of methoxy groups -OCH3 is 1. The zero-order chi connectivity index (χ0) is 25.1. The van der Waals surface area contributed by atoms with E-state index in [1.807, 2.05) is 0 Å². The highest BCUT2D eigenvalue weighted by atomic mass is 19.4. The standard InChI is InChI=1S/C22H22F5N7O/c1-12-28-15-5-4-13(8-16(15)33(12)11-22(25,26)27)14-6-7-34-18(14)19(35-3)30-20(31-34)29-17-9-32(2)10-21(17,23)24/h4-8,17H,9-11H2,1-3H3,(H,29,31)/t17-/m1/s1. The van der Waals surface area contributed by atoms with Crippen LogP contribution in [0.1, 0.15) is 5.82 Å². The Balaban J connectivity index is 1.56. The summed E-state index contributed by atoms with van der Waals surface area (Å²) in [5, 5.41) is 7.01. The number of aromatic nitrogens is 5. The first-order valence-electron chi connectivity index (χ1n) is 10.8. The molecule has 0 unspecified atom stereocenters. The quantitative estimate of drug-likeness (QED) is 0.423. The molecule has 1 N–H and O–H groups in total. The van der Waals surface area contributed by atoms with Crippen LogP contribution in [0.25, 0.3) is 27.7 Å². The SMILES string of the molecule is COc1nc(N[C@@H]2CN(C)CC2(F)F)nn2ccc(-c3ccc4nc(C)n(CC(F)(F)F)c4c3)c12. The van der Waals surface area contributed by atoms with Crippen molar-refractivity contribution in [2.45, 2.75) is 31.6 Å². The van der Waals surface area contributed by atoms with Gasteiger partial charge in [-0.1, -0.05) is 6.07 Å². The summed E-state index contributed by atoms with van der Waals surface area (Å²) in [5.41, 5.74) is 2.44. The molecule has 0 spiro atoms. The number of ether oxygens (including phenoxy) is 1. The van der Waals surface area contributed by atoms with E-state index in [1.165, 1.54) is 23.4 Å². The van der Waals surface area contributed by atoms with E-state index in [1.54, 1.807) is 37.5 Å². The molecule has 0 amide bonds. The van der Waals surface area contributed by atoms with Gasteiger partial charge in [-0.3, -0.25) is 4.90 Å². The fourth-order valence-electron chi connectivity index (χ4n) is 4.50. The van der Waals surface area contributed by atoms with Gasteiger partial charge in [-0.15, -0.1) is 5.10 Å². The molecule has 3 aromatic heterocycles. The van der Waals surface area contributed by atoms with Gasteiger partial charge < -0.3 is 14.6 Å². The van der Waals surface area contributed by atoms with Crippen molar-refractivity contribution in [3.05, 3.63) is 36.3 Å². The van der Waals surface area contributed by atoms with Crippen molar-refractivity contribution < 1.29 is 26.7 Å². The van der Waals surface area contributed by atoms with Gasteiger partial charge >= 0.3 is 6.18 Å². The number of nitrogens with zero attached hydrogens (tertiary/aromatic N) is 6. The summed E-state index contributed by atoms with van der Waals surface area (Å²) in [6.07, 6.45) is -2.79. The van der Waals surface area contributed by atoms with Crippen LogP contribution in [0.4, 0.5) is 27.9 Å². The fourth-order valence-corrected chi connectivity index (χ4v) is 4.50. The number of likely N-dealkylation sites (tertiary alicyclic amines) is 1. The lowest BCUT2D eigenvalue weighted by Gasteiger charge is -2.19. The molecule has 1 saturated heterocycles. The van der Waals surface area contributed by atoms with Crippen molar-refractivity contribution in [2.75, 3.05) is 32.6 Å². The molecule has 1 fully saturated rings. The Bertz CT molecular complexity index is 1410. The number of halogens is 5. The van der Waals surface area contributed by atoms with Crippen molar-refractivity contribution in [3.63, 3.8) is 0 Å². The third-order valence-electron chi connectivity index (χ3n) is 6.05. The molecule has 1 atom stereocenters. The van der Waals surface area contributed by atoms with Crippen molar-refractivity contribution in [1.82, 2.24) is 29.0 Å². The summed E-state index contributed by atoms with van der Waals surface area (Å²) in [6, 6.07) is 5.56. The summed E-state index contributed by atoms with van der Waals surface area (Å²) >= 11 is 0. The number of hydrogen-bond donors (Lipinski definition) is 1. The third kappa shape index (κ3) is 4.24. The smallest absolute Gasteiger partial charge is 0.406 e. The van der Waals surface area contributed by atoms with Crippen LogP contribution in [-0.4, -0.2) is 74.4 Å². The van der Waals surface area contributed by atoms with Crippen molar-refractivity contribution in [3.8, 4) is 17.0 Å². The Morgan fingerprint density at radius 1 is 1.20 bits per heavy atom. The molecule has 0 aliphatic carbocycles. The normalized spacial score (nSPS) is 18.6. The third-order valence-corrected chi connectivity index (χ3v) is 6.05. The molecule has 1 aliphatic heterocycles. The Morgan fingerprint density at radius 2 is 1.97 bits per heavy atom. The van der Waals surface area contributed by atoms with Crippen LogP contribution < -0.4 is 10.1 Å². The fraction of sp³-hybridized carbons (Fsp3) is 0.409. The summed E-state index contributed by atoms with van der Waals surface area (Å²) < 4.78 is 75.9. The largest absolute Gasteiger partial charge is 0.479 e. The van der Waals surface area contributed by atoms with E-state index in [0.717, 1.165) is 4.57 Å². The highest BCUT2D eigenvalue weighted by Gasteiger charge is 2.47. The Morgan fingerprint density at radius 3 is 2.63 bits per heavy atom. The number of nitrogens with one attached hydrogen (secondary N) is 1. The Hall–Kier alpha value is -3.48. The monoisotopic (exact) mass is 495 g/mol. The zero-order valence-electron chi connectivity index (χ0n) is 19.1. The van der Waals surface area contributed by atoms with Gasteiger partial charge in [0.1, 0.15) is 23.9 Å². The van der Waals surface area contributed by atoms with Crippen molar-refractivity contribution >= 4 is 22.5 Å². The predicted molar refractivity (Wildman–Crippen MR) is 119 cm³/mol. The first kappa shape index (κ1) is 23.3. The number of benzene rings is 1. The van der Waals surface area contributed by atoms with Gasteiger partial charge in [-0.25, -0.2) is 18.3 Å². The summed E-state index contributed by atoms with van der Waals surface area (Å²) in [4.78, 5) is 10.0. The number of rotatable bonds is 5. The molecule has 1 aromatic carbocycles. The maximum Gasteiger partial charge on any atom is 0.406 e. The first-order valence-corrected chi connectivity index (χ1v) is 10.8. The second-order valence-corrected chi connectivity index (χ2v) is 8.69. The number of anilines is 1. The molecule has 186 valence electrons. The van der Waals surface area contributed by atoms with Gasteiger partial charge in [0.05, 0.1) is 24.7 Å². The summed E-state index contributed by atoms with van der Waals surface area (Å²) in [7, 11) is 3.00. The number of imidazole rings is 1. The van der Waals surface area contributed by atoms with Gasteiger partial charge in [-0.2, -0.15) is 18.2 Å². The van der Waals surface area contributed by atoms with Gasteiger partial charge in [0.15, 0.2) is 0 Å². The van der Waals surface area contributed by atoms with E-state index in [2.05, 4.69) is 20.4 Å². The van der Waals surface area contributed by atoms with Crippen LogP contribution in [-0.2, 0) is 6.54 Å². The lowest BCUT2D eigenvalue weighted by atomic mass is 10.1. The van der Waals surface area contributed by atoms with Crippen LogP contribution >= 0.6 is 0 Å². The van der Waals surface area contributed by atoms with Crippen molar-refractivity contribution in [1.29, 1.82) is 0 Å². The summed E-state index contributed by atoms with van der Waals surface area (Å²) in [6.45, 7) is 0.122. The topological polar surface area (TPSA) is 72.5 Å². The predicted octanol–water partition coefficient (Wildman–Crippen LogP) is 3.99. The highest BCUT2D eigenvalue weighted by Crippen LogP contribution is 2.35. The number of likely N-dealkylation sites (N-methyl/N-ethyl adjacent to an activating group) is 1. The van der Waals surface area contributed by atoms with E-state index in [0.29, 0.717) is 27.7 Å². The number of alkyl halides is 5. The highest BCUT2D eigenvalue weighted by molar-refractivity contribution is 5.89. The zero-order valence-corrected chi connectivity index (χ0v) is 19.1. The average molecular weight is 495 g/mol. The average Bonchev–Trinajstić information content (AvgIpc) is 3.39. The second kappa shape index (κ2) is 8.04. The molecule has 0 saturated carbocycles. The van der Waals surface area contributed by atoms with E-state index < -0.39 is 24.7 Å². The van der Waals surface area contributed by atoms with Crippen LogP contribution in [0.2, 0.25) is 0 Å². The Labute approximate surface area is 196 Å². The van der Waals surface area contributed by atoms with Gasteiger partial charge in [0.25, 0.3) is 5.92 Å². The Kier molecular flexibility index (Phi) is 5.34. The molecule has 4 heterocycles. The summed E-state index contributed by atoms with van der Waals surface area (Å²) in [5.74, 6) is -2.58. The van der Waals surface area contributed by atoms with Crippen LogP contribution in [0, 0.1) is 6.92 Å². The number of hydrogen-bond acceptors (Lipinski definition) is 6. The van der Waals surface area contributed by atoms with Gasteiger partial charge in [-0.05, 0) is 37.7 Å². The minimum atomic E-state index is -4.40. The molecular weight excluding hydrogens is 473 g/mol. The minimum Gasteiger partial charge on any atom is -0.479 e. The molecule has 35 heavy (non-hydrogen) atoms. The van der Waals surface area contributed by atoms with E-state index in [9.17, 15) is 22.0 Å². The van der Waals surface area contributed by atoms with E-state index in [-0.39, 0.29) is 30.7 Å². The first-order chi connectivity index (χ1) is 16.4. The van der Waals surface area contributed by atoms with Crippen LogP contribution in [0.3, 0.4) is 0 Å². The lowest BCUT2D eigenvalue weighted by Crippen LogP contribution is -2.38.